The van der Waals surface area contributed by atoms with Gasteiger partial charge in [0.2, 0.25) is 0 Å². The third kappa shape index (κ3) is 4.83. The Morgan fingerprint density at radius 3 is 2.59 bits per heavy atom. The SMILES string of the molecule is Cc1cc(CNCCCO)cc(C)c1OCc1ccccn1. The molecule has 0 aliphatic carbocycles. The van der Waals surface area contributed by atoms with Gasteiger partial charge in [-0.1, -0.05) is 18.2 Å². The number of hydrogen-bond acceptors (Lipinski definition) is 4. The molecule has 0 spiro atoms. The average molecular weight is 300 g/mol. The molecule has 0 aliphatic rings. The minimum Gasteiger partial charge on any atom is -0.487 e. The van der Waals surface area contributed by atoms with Crippen LogP contribution in [0.15, 0.2) is 36.5 Å². The molecule has 118 valence electrons. The molecule has 0 radical (unpaired) electrons. The summed E-state index contributed by atoms with van der Waals surface area (Å²) in [7, 11) is 0. The van der Waals surface area contributed by atoms with Crippen molar-refractivity contribution in [3.63, 3.8) is 0 Å². The summed E-state index contributed by atoms with van der Waals surface area (Å²) in [6.07, 6.45) is 2.56. The molecule has 1 heterocycles. The molecule has 22 heavy (non-hydrogen) atoms. The number of rotatable bonds is 8. The number of hydrogen-bond donors (Lipinski definition) is 2. The van der Waals surface area contributed by atoms with Crippen LogP contribution in [0.1, 0.15) is 28.8 Å². The third-order valence-electron chi connectivity index (χ3n) is 3.45. The van der Waals surface area contributed by atoms with E-state index in [-0.39, 0.29) is 6.61 Å². The van der Waals surface area contributed by atoms with Gasteiger partial charge in [0.15, 0.2) is 0 Å². The third-order valence-corrected chi connectivity index (χ3v) is 3.45. The van der Waals surface area contributed by atoms with Gasteiger partial charge in [0.25, 0.3) is 0 Å². The molecule has 0 aliphatic heterocycles. The number of aromatic nitrogens is 1. The largest absolute Gasteiger partial charge is 0.487 e. The van der Waals surface area contributed by atoms with Gasteiger partial charge in [-0.25, -0.2) is 0 Å². The predicted octanol–water partition coefficient (Wildman–Crippen LogP) is 2.75. The summed E-state index contributed by atoms with van der Waals surface area (Å²) in [5, 5.41) is 12.1. The van der Waals surface area contributed by atoms with Crippen LogP contribution < -0.4 is 10.1 Å². The molecule has 2 N–H and O–H groups in total. The first-order chi connectivity index (χ1) is 10.7. The van der Waals surface area contributed by atoms with E-state index >= 15 is 0 Å². The summed E-state index contributed by atoms with van der Waals surface area (Å²) in [6.45, 7) is 6.48. The topological polar surface area (TPSA) is 54.4 Å². The quantitative estimate of drug-likeness (QED) is 0.736. The summed E-state index contributed by atoms with van der Waals surface area (Å²) < 4.78 is 5.94. The highest BCUT2D eigenvalue weighted by Crippen LogP contribution is 2.25. The van der Waals surface area contributed by atoms with E-state index in [9.17, 15) is 0 Å². The maximum absolute atomic E-state index is 8.78. The molecule has 0 unspecified atom stereocenters. The molecule has 2 aromatic rings. The van der Waals surface area contributed by atoms with Gasteiger partial charge in [-0.3, -0.25) is 4.98 Å². The first-order valence-electron chi connectivity index (χ1n) is 7.65. The van der Waals surface area contributed by atoms with E-state index in [0.29, 0.717) is 6.61 Å². The Kier molecular flexibility index (Phi) is 6.37. The lowest BCUT2D eigenvalue weighted by Crippen LogP contribution is -2.16. The van der Waals surface area contributed by atoms with Gasteiger partial charge in [-0.15, -0.1) is 0 Å². The predicted molar refractivity (Wildman–Crippen MR) is 87.9 cm³/mol. The minimum atomic E-state index is 0.228. The Hall–Kier alpha value is -1.91. The summed E-state index contributed by atoms with van der Waals surface area (Å²) in [5.41, 5.74) is 4.43. The molecule has 2 rings (SSSR count). The van der Waals surface area contributed by atoms with E-state index in [1.54, 1.807) is 6.20 Å². The van der Waals surface area contributed by atoms with Crippen LogP contribution in [-0.2, 0) is 13.2 Å². The van der Waals surface area contributed by atoms with Crippen molar-refractivity contribution >= 4 is 0 Å². The van der Waals surface area contributed by atoms with Crippen molar-refractivity contribution in [3.8, 4) is 5.75 Å². The number of ether oxygens (including phenoxy) is 1. The Morgan fingerprint density at radius 2 is 1.95 bits per heavy atom. The van der Waals surface area contributed by atoms with Crippen molar-refractivity contribution in [2.45, 2.75) is 33.4 Å². The van der Waals surface area contributed by atoms with Crippen LogP contribution in [0.5, 0.6) is 5.75 Å². The van der Waals surface area contributed by atoms with Crippen LogP contribution in [0.25, 0.3) is 0 Å². The summed E-state index contributed by atoms with van der Waals surface area (Å²) in [5.74, 6) is 0.935. The highest BCUT2D eigenvalue weighted by atomic mass is 16.5. The molecule has 1 aromatic heterocycles. The van der Waals surface area contributed by atoms with Crippen LogP contribution in [0.3, 0.4) is 0 Å². The van der Waals surface area contributed by atoms with Crippen molar-refractivity contribution in [1.29, 1.82) is 0 Å². The minimum absolute atomic E-state index is 0.228. The fourth-order valence-corrected chi connectivity index (χ4v) is 2.44. The van der Waals surface area contributed by atoms with Crippen LogP contribution in [0.4, 0.5) is 0 Å². The Labute approximate surface area is 132 Å². The molecular weight excluding hydrogens is 276 g/mol. The highest BCUT2D eigenvalue weighted by molar-refractivity contribution is 5.43. The monoisotopic (exact) mass is 300 g/mol. The second kappa shape index (κ2) is 8.51. The van der Waals surface area contributed by atoms with Crippen LogP contribution >= 0.6 is 0 Å². The standard InChI is InChI=1S/C18H24N2O2/c1-14-10-16(12-19-7-5-9-21)11-15(2)18(14)22-13-17-6-3-4-8-20-17/h3-4,6,8,10-11,19,21H,5,7,9,12-13H2,1-2H3. The fraction of sp³-hybridized carbons (Fsp3) is 0.389. The number of aliphatic hydroxyl groups is 1. The molecule has 0 fully saturated rings. The van der Waals surface area contributed by atoms with Crippen molar-refractivity contribution in [2.24, 2.45) is 0 Å². The van der Waals surface area contributed by atoms with E-state index < -0.39 is 0 Å². The normalized spacial score (nSPS) is 10.7. The van der Waals surface area contributed by atoms with Crippen molar-refractivity contribution in [3.05, 3.63) is 58.9 Å². The zero-order valence-corrected chi connectivity index (χ0v) is 13.3. The molecule has 4 heteroatoms. The second-order valence-electron chi connectivity index (χ2n) is 5.42. The fourth-order valence-electron chi connectivity index (χ4n) is 2.44. The Morgan fingerprint density at radius 1 is 1.18 bits per heavy atom. The maximum Gasteiger partial charge on any atom is 0.130 e. The first kappa shape index (κ1) is 16.5. The lowest BCUT2D eigenvalue weighted by Gasteiger charge is -2.14. The molecule has 1 aromatic carbocycles. The van der Waals surface area contributed by atoms with Gasteiger partial charge in [0.1, 0.15) is 12.4 Å². The Bertz CT molecular complexity index is 562. The second-order valence-corrected chi connectivity index (χ2v) is 5.42. The maximum atomic E-state index is 8.78. The molecular formula is C18H24N2O2. The number of nitrogens with zero attached hydrogens (tertiary/aromatic N) is 1. The smallest absolute Gasteiger partial charge is 0.130 e. The lowest BCUT2D eigenvalue weighted by molar-refractivity contribution is 0.286. The number of benzene rings is 1. The van der Waals surface area contributed by atoms with Crippen LogP contribution in [0.2, 0.25) is 0 Å². The Balaban J connectivity index is 1.97. The van der Waals surface area contributed by atoms with Gasteiger partial charge < -0.3 is 15.2 Å². The summed E-state index contributed by atoms with van der Waals surface area (Å²) in [4.78, 5) is 4.27. The van der Waals surface area contributed by atoms with E-state index in [0.717, 1.165) is 42.1 Å². The highest BCUT2D eigenvalue weighted by Gasteiger charge is 2.07. The van der Waals surface area contributed by atoms with Crippen LogP contribution in [-0.4, -0.2) is 23.2 Å². The number of aryl methyl sites for hydroxylation is 2. The zero-order chi connectivity index (χ0) is 15.8. The molecule has 0 saturated carbocycles. The van der Waals surface area contributed by atoms with Gasteiger partial charge in [-0.2, -0.15) is 0 Å². The van der Waals surface area contributed by atoms with E-state index in [1.165, 1.54) is 5.56 Å². The van der Waals surface area contributed by atoms with Crippen molar-refractivity contribution in [1.82, 2.24) is 10.3 Å². The van der Waals surface area contributed by atoms with Gasteiger partial charge in [0.05, 0.1) is 5.69 Å². The first-order valence-corrected chi connectivity index (χ1v) is 7.65. The lowest BCUT2D eigenvalue weighted by atomic mass is 10.1. The molecule has 4 nitrogen and oxygen atoms in total. The van der Waals surface area contributed by atoms with Crippen molar-refractivity contribution < 1.29 is 9.84 Å². The number of pyridine rings is 1. The van der Waals surface area contributed by atoms with Gasteiger partial charge in [0, 0.05) is 19.3 Å². The van der Waals surface area contributed by atoms with E-state index in [2.05, 4.69) is 36.3 Å². The van der Waals surface area contributed by atoms with Gasteiger partial charge >= 0.3 is 0 Å². The molecule has 0 bridgehead atoms. The van der Waals surface area contributed by atoms with Gasteiger partial charge in [-0.05, 0) is 55.6 Å². The van der Waals surface area contributed by atoms with E-state index in [4.69, 9.17) is 9.84 Å². The van der Waals surface area contributed by atoms with E-state index in [1.807, 2.05) is 18.2 Å². The number of aliphatic hydroxyl groups excluding tert-OH is 1. The summed E-state index contributed by atoms with van der Waals surface area (Å²) >= 11 is 0. The molecule has 0 saturated heterocycles. The molecule has 0 atom stereocenters. The van der Waals surface area contributed by atoms with Crippen molar-refractivity contribution in [2.75, 3.05) is 13.2 Å². The average Bonchev–Trinajstić information content (AvgIpc) is 2.52. The van der Waals surface area contributed by atoms with Crippen LogP contribution in [0, 0.1) is 13.8 Å². The summed E-state index contributed by atoms with van der Waals surface area (Å²) in [6, 6.07) is 10.1. The molecule has 0 amide bonds. The number of nitrogens with one attached hydrogen (secondary N) is 1. The zero-order valence-electron chi connectivity index (χ0n) is 13.3.